The van der Waals surface area contributed by atoms with Crippen LogP contribution in [0, 0.1) is 6.92 Å². The second kappa shape index (κ2) is 12.2. The van der Waals surface area contributed by atoms with E-state index in [0.717, 1.165) is 17.1 Å². The Labute approximate surface area is 280 Å². The van der Waals surface area contributed by atoms with Crippen molar-refractivity contribution in [2.75, 3.05) is 4.90 Å². The number of fused-ring (bicyclic) bond motifs is 4. The second-order valence-electron chi connectivity index (χ2n) is 11.9. The Kier molecular flexibility index (Phi) is 7.49. The van der Waals surface area contributed by atoms with Gasteiger partial charge in [-0.3, -0.25) is 0 Å². The fourth-order valence-corrected chi connectivity index (χ4v) is 7.74. The third-order valence-corrected chi connectivity index (χ3v) is 10.1. The van der Waals surface area contributed by atoms with Gasteiger partial charge < -0.3 is 4.90 Å². The molecule has 0 radical (unpaired) electrons. The highest BCUT2D eigenvalue weighted by molar-refractivity contribution is 7.25. The number of benzene rings is 7. The molecule has 0 saturated heterocycles. The number of nitrogens with zero attached hydrogens (tertiary/aromatic N) is 1. The quantitative estimate of drug-likeness (QED) is 0.160. The largest absolute Gasteiger partial charge is 0.310 e. The van der Waals surface area contributed by atoms with Gasteiger partial charge >= 0.3 is 0 Å². The number of hydrogen-bond donors (Lipinski definition) is 0. The van der Waals surface area contributed by atoms with Crippen molar-refractivity contribution in [3.05, 3.63) is 182 Å². The van der Waals surface area contributed by atoms with Gasteiger partial charge in [-0.05, 0) is 94.2 Å². The van der Waals surface area contributed by atoms with E-state index in [4.69, 9.17) is 0 Å². The Balaban J connectivity index is 1.26. The first-order valence-electron chi connectivity index (χ1n) is 16.0. The molecule has 1 heterocycles. The van der Waals surface area contributed by atoms with Gasteiger partial charge in [0.25, 0.3) is 0 Å². The van der Waals surface area contributed by atoms with E-state index in [1.54, 1.807) is 0 Å². The van der Waals surface area contributed by atoms with Crippen molar-refractivity contribution < 1.29 is 0 Å². The third kappa shape index (κ3) is 5.33. The minimum absolute atomic E-state index is 1.11. The molecule has 7 aromatic carbocycles. The molecule has 0 aliphatic heterocycles. The molecule has 0 fully saturated rings. The first kappa shape index (κ1) is 28.8. The highest BCUT2D eigenvalue weighted by Gasteiger charge is 2.18. The highest BCUT2D eigenvalue weighted by Crippen LogP contribution is 2.43. The summed E-state index contributed by atoms with van der Waals surface area (Å²) in [4.78, 5) is 2.39. The summed E-state index contributed by atoms with van der Waals surface area (Å²) in [6.07, 6.45) is 6.02. The molecule has 0 atom stereocenters. The van der Waals surface area contributed by atoms with Crippen LogP contribution in [0.2, 0.25) is 0 Å². The fraction of sp³-hybridized carbons (Fsp3) is 0.0222. The van der Waals surface area contributed by atoms with E-state index in [2.05, 4.69) is 176 Å². The Morgan fingerprint density at radius 3 is 1.77 bits per heavy atom. The van der Waals surface area contributed by atoms with Crippen LogP contribution >= 0.6 is 11.3 Å². The molecule has 1 nitrogen and oxygen atoms in total. The predicted octanol–water partition coefficient (Wildman–Crippen LogP) is 13.5. The normalized spacial score (nSPS) is 11.5. The van der Waals surface area contributed by atoms with Gasteiger partial charge in [-0.1, -0.05) is 128 Å². The SMILES string of the molecule is C=C/C=C\c1c(C)cc(N(c2ccc(-c3ccccc3)cc2)c2ccc(-c3ccc4sc5ccccc5c4c3)cc2)c2ccccc12. The molecular weight excluding hydrogens is 587 g/mol. The third-order valence-electron chi connectivity index (χ3n) is 8.98. The van der Waals surface area contributed by atoms with Crippen molar-refractivity contribution in [1.29, 1.82) is 0 Å². The molecule has 0 bridgehead atoms. The lowest BCUT2D eigenvalue weighted by Gasteiger charge is -2.28. The molecule has 0 spiro atoms. The van der Waals surface area contributed by atoms with Crippen LogP contribution in [-0.2, 0) is 0 Å². The standard InChI is InChI=1S/C45H33NS/c1-3-4-14-38-31(2)29-43(40-16-9-8-15-39(38)40)46(36-24-19-33(20-25-36)32-12-6-5-7-13-32)37-26-21-34(22-27-37)35-23-28-45-42(30-35)41-17-10-11-18-44(41)47-45/h3-30H,1H2,2H3/b14-4-. The number of hydrogen-bond acceptors (Lipinski definition) is 2. The summed E-state index contributed by atoms with van der Waals surface area (Å²) in [7, 11) is 0. The molecule has 0 unspecified atom stereocenters. The van der Waals surface area contributed by atoms with Gasteiger partial charge in [0.05, 0.1) is 5.69 Å². The highest BCUT2D eigenvalue weighted by atomic mass is 32.1. The van der Waals surface area contributed by atoms with Gasteiger partial charge in [0.1, 0.15) is 0 Å². The number of aryl methyl sites for hydroxylation is 1. The van der Waals surface area contributed by atoms with E-state index in [0.29, 0.717) is 0 Å². The lowest BCUT2D eigenvalue weighted by molar-refractivity contribution is 1.28. The lowest BCUT2D eigenvalue weighted by Crippen LogP contribution is -2.11. The Morgan fingerprint density at radius 2 is 1.06 bits per heavy atom. The van der Waals surface area contributed by atoms with Crippen molar-refractivity contribution in [3.63, 3.8) is 0 Å². The topological polar surface area (TPSA) is 3.24 Å². The summed E-state index contributed by atoms with van der Waals surface area (Å²) in [6.45, 7) is 6.10. The Morgan fingerprint density at radius 1 is 0.511 bits per heavy atom. The van der Waals surface area contributed by atoms with Crippen LogP contribution in [-0.4, -0.2) is 0 Å². The van der Waals surface area contributed by atoms with Crippen LogP contribution in [0.5, 0.6) is 0 Å². The minimum Gasteiger partial charge on any atom is -0.310 e. The van der Waals surface area contributed by atoms with E-state index in [1.165, 1.54) is 64.3 Å². The predicted molar refractivity (Wildman–Crippen MR) is 206 cm³/mol. The van der Waals surface area contributed by atoms with E-state index in [-0.39, 0.29) is 0 Å². The molecule has 8 rings (SSSR count). The molecule has 47 heavy (non-hydrogen) atoms. The van der Waals surface area contributed by atoms with Gasteiger partial charge in [-0.25, -0.2) is 0 Å². The molecule has 0 aliphatic rings. The fourth-order valence-electron chi connectivity index (χ4n) is 6.65. The molecule has 224 valence electrons. The van der Waals surface area contributed by atoms with Crippen LogP contribution in [0.25, 0.3) is 59.3 Å². The summed E-state index contributed by atoms with van der Waals surface area (Å²) >= 11 is 1.86. The number of rotatable bonds is 7. The Hall–Kier alpha value is -5.70. The molecule has 0 N–H and O–H groups in total. The van der Waals surface area contributed by atoms with Gasteiger partial charge in [0, 0.05) is 36.9 Å². The number of thiophene rings is 1. The molecule has 0 aliphatic carbocycles. The van der Waals surface area contributed by atoms with Gasteiger partial charge in [0.2, 0.25) is 0 Å². The summed E-state index contributed by atoms with van der Waals surface area (Å²) in [5.41, 5.74) is 10.7. The maximum atomic E-state index is 3.90. The first-order chi connectivity index (χ1) is 23.2. The van der Waals surface area contributed by atoms with Gasteiger partial charge in [0.15, 0.2) is 0 Å². The number of allylic oxidation sites excluding steroid dienone is 2. The zero-order valence-corrected chi connectivity index (χ0v) is 27.0. The van der Waals surface area contributed by atoms with Gasteiger partial charge in [-0.2, -0.15) is 0 Å². The molecule has 2 heteroatoms. The lowest BCUT2D eigenvalue weighted by atomic mass is 9.96. The van der Waals surface area contributed by atoms with Crippen molar-refractivity contribution in [2.24, 2.45) is 0 Å². The first-order valence-corrected chi connectivity index (χ1v) is 16.8. The maximum Gasteiger partial charge on any atom is 0.0543 e. The van der Waals surface area contributed by atoms with Crippen molar-refractivity contribution in [3.8, 4) is 22.3 Å². The van der Waals surface area contributed by atoms with Crippen LogP contribution in [0.3, 0.4) is 0 Å². The van der Waals surface area contributed by atoms with Crippen LogP contribution in [0.1, 0.15) is 11.1 Å². The van der Waals surface area contributed by atoms with E-state index >= 15 is 0 Å². The molecular formula is C45H33NS. The minimum atomic E-state index is 1.11. The zero-order valence-electron chi connectivity index (χ0n) is 26.2. The van der Waals surface area contributed by atoms with Crippen molar-refractivity contribution in [1.82, 2.24) is 0 Å². The average Bonchev–Trinajstić information content (AvgIpc) is 3.50. The van der Waals surface area contributed by atoms with Crippen molar-refractivity contribution >= 4 is 65.4 Å². The smallest absolute Gasteiger partial charge is 0.0543 e. The van der Waals surface area contributed by atoms with Crippen LogP contribution in [0.15, 0.2) is 170 Å². The summed E-state index contributed by atoms with van der Waals surface area (Å²) in [5, 5.41) is 5.07. The molecule has 0 amide bonds. The summed E-state index contributed by atoms with van der Waals surface area (Å²) in [6, 6.07) is 55.1. The van der Waals surface area contributed by atoms with E-state index in [9.17, 15) is 0 Å². The summed E-state index contributed by atoms with van der Waals surface area (Å²) < 4.78 is 2.66. The summed E-state index contributed by atoms with van der Waals surface area (Å²) in [5.74, 6) is 0. The molecule has 0 saturated carbocycles. The molecule has 8 aromatic rings. The zero-order chi connectivity index (χ0) is 31.7. The van der Waals surface area contributed by atoms with Crippen molar-refractivity contribution in [2.45, 2.75) is 6.92 Å². The second-order valence-corrected chi connectivity index (χ2v) is 13.0. The number of anilines is 3. The molecule has 1 aromatic heterocycles. The van der Waals surface area contributed by atoms with Crippen LogP contribution in [0.4, 0.5) is 17.1 Å². The Bertz CT molecular complexity index is 2410. The van der Waals surface area contributed by atoms with E-state index in [1.807, 2.05) is 23.5 Å². The monoisotopic (exact) mass is 619 g/mol. The average molecular weight is 620 g/mol. The maximum absolute atomic E-state index is 3.90. The van der Waals surface area contributed by atoms with Gasteiger partial charge in [-0.15, -0.1) is 11.3 Å². The van der Waals surface area contributed by atoms with E-state index < -0.39 is 0 Å². The van der Waals surface area contributed by atoms with Crippen LogP contribution < -0.4 is 4.90 Å².